The first-order chi connectivity index (χ1) is 16.4. The highest BCUT2D eigenvalue weighted by Crippen LogP contribution is 2.39. The number of fused-ring (bicyclic) bond motifs is 1. The molecule has 0 saturated heterocycles. The van der Waals surface area contributed by atoms with Crippen LogP contribution < -0.4 is 10.6 Å². The molecule has 8 nitrogen and oxygen atoms in total. The highest BCUT2D eigenvalue weighted by atomic mass is 16.2. The highest BCUT2D eigenvalue weighted by molar-refractivity contribution is 6.07. The summed E-state index contributed by atoms with van der Waals surface area (Å²) in [7, 11) is 0. The lowest BCUT2D eigenvalue weighted by molar-refractivity contribution is -0.134. The van der Waals surface area contributed by atoms with Crippen molar-refractivity contribution in [3.05, 3.63) is 53.1 Å². The second-order valence-electron chi connectivity index (χ2n) is 10.2. The van der Waals surface area contributed by atoms with E-state index in [1.807, 2.05) is 26.0 Å². The van der Waals surface area contributed by atoms with E-state index in [0.717, 1.165) is 44.1 Å². The van der Waals surface area contributed by atoms with Crippen LogP contribution in [0.5, 0.6) is 0 Å². The summed E-state index contributed by atoms with van der Waals surface area (Å²) in [6.07, 6.45) is 8.21. The number of hydrogen-bond donors (Lipinski definition) is 2. The summed E-state index contributed by atoms with van der Waals surface area (Å²) in [6.45, 7) is 4.64. The minimum Gasteiger partial charge on any atom is -0.351 e. The molecule has 0 spiro atoms. The van der Waals surface area contributed by atoms with Crippen LogP contribution in [0.3, 0.4) is 0 Å². The molecule has 2 N–H and O–H groups in total. The zero-order chi connectivity index (χ0) is 23.9. The molecule has 180 valence electrons. The van der Waals surface area contributed by atoms with Crippen LogP contribution in [0.1, 0.15) is 77.6 Å². The van der Waals surface area contributed by atoms with E-state index in [1.165, 1.54) is 11.9 Å². The van der Waals surface area contributed by atoms with Crippen molar-refractivity contribution >= 4 is 17.7 Å². The van der Waals surface area contributed by atoms with E-state index in [0.29, 0.717) is 19.5 Å². The number of amides is 3. The second kappa shape index (κ2) is 8.89. The van der Waals surface area contributed by atoms with Crippen LogP contribution in [0, 0.1) is 6.92 Å². The lowest BCUT2D eigenvalue weighted by Crippen LogP contribution is -2.65. The van der Waals surface area contributed by atoms with E-state index in [9.17, 15) is 14.4 Å². The fraction of sp³-hybridized carbons (Fsp3) is 0.538. The van der Waals surface area contributed by atoms with E-state index in [4.69, 9.17) is 0 Å². The fourth-order valence-corrected chi connectivity index (χ4v) is 5.29. The second-order valence-corrected chi connectivity index (χ2v) is 10.2. The number of nitrogens with zero attached hydrogens (tertiary/aromatic N) is 3. The Morgan fingerprint density at radius 1 is 1.12 bits per heavy atom. The molecule has 0 radical (unpaired) electrons. The van der Waals surface area contributed by atoms with Crippen molar-refractivity contribution < 1.29 is 14.4 Å². The molecule has 34 heavy (non-hydrogen) atoms. The first-order valence-electron chi connectivity index (χ1n) is 12.4. The lowest BCUT2D eigenvalue weighted by atomic mass is 9.93. The van der Waals surface area contributed by atoms with Gasteiger partial charge >= 0.3 is 0 Å². The van der Waals surface area contributed by atoms with Crippen LogP contribution in [0.15, 0.2) is 30.6 Å². The maximum absolute atomic E-state index is 13.7. The summed E-state index contributed by atoms with van der Waals surface area (Å²) in [5.41, 5.74) is 1.76. The molecular formula is C26H33N5O3. The van der Waals surface area contributed by atoms with E-state index in [2.05, 4.69) is 27.8 Å². The maximum atomic E-state index is 13.7. The third-order valence-electron chi connectivity index (χ3n) is 7.40. The fourth-order valence-electron chi connectivity index (χ4n) is 5.29. The van der Waals surface area contributed by atoms with Crippen LogP contribution in [0.4, 0.5) is 0 Å². The molecule has 2 aliphatic carbocycles. The molecule has 0 bridgehead atoms. The van der Waals surface area contributed by atoms with Gasteiger partial charge in [-0.05, 0) is 51.5 Å². The lowest BCUT2D eigenvalue weighted by Gasteiger charge is -2.44. The van der Waals surface area contributed by atoms with Gasteiger partial charge in [0, 0.05) is 18.6 Å². The van der Waals surface area contributed by atoms with Crippen LogP contribution >= 0.6 is 0 Å². The van der Waals surface area contributed by atoms with Gasteiger partial charge in [-0.25, -0.2) is 4.98 Å². The molecule has 3 aliphatic rings. The van der Waals surface area contributed by atoms with E-state index in [1.54, 1.807) is 9.47 Å². The third-order valence-corrected chi connectivity index (χ3v) is 7.40. The van der Waals surface area contributed by atoms with Crippen molar-refractivity contribution in [1.82, 2.24) is 25.1 Å². The van der Waals surface area contributed by atoms with Gasteiger partial charge in [0.15, 0.2) is 5.69 Å². The van der Waals surface area contributed by atoms with Gasteiger partial charge in [0.25, 0.3) is 11.8 Å². The van der Waals surface area contributed by atoms with Crippen molar-refractivity contribution in [2.75, 3.05) is 6.54 Å². The van der Waals surface area contributed by atoms with Gasteiger partial charge in [-0.3, -0.25) is 14.4 Å². The molecule has 2 fully saturated rings. The largest absolute Gasteiger partial charge is 0.351 e. The first-order valence-corrected chi connectivity index (χ1v) is 12.4. The van der Waals surface area contributed by atoms with Gasteiger partial charge < -0.3 is 20.1 Å². The van der Waals surface area contributed by atoms with Crippen LogP contribution in [0.25, 0.3) is 0 Å². The Labute approximate surface area is 200 Å². The van der Waals surface area contributed by atoms with E-state index < -0.39 is 5.54 Å². The standard InChI is InChI=1S/C26H33N5O3/c1-17-7-9-18(10-8-17)13-14-27-23(32)21-22-24(33)31(20-11-12-20)26(2,15-30(22)16-28-21)25(34)29-19-5-3-4-6-19/h7-10,16,19-20H,3-6,11-15H2,1-2H3,(H,27,32)(H,29,34). The smallest absolute Gasteiger partial charge is 0.274 e. The van der Waals surface area contributed by atoms with Crippen molar-refractivity contribution in [2.45, 2.75) is 83.0 Å². The Kier molecular flexibility index (Phi) is 5.91. The molecule has 2 aromatic rings. The molecule has 5 rings (SSSR count). The average Bonchev–Trinajstić information content (AvgIpc) is 3.32. The molecule has 3 amide bonds. The van der Waals surface area contributed by atoms with Gasteiger partial charge in [0.1, 0.15) is 11.2 Å². The predicted molar refractivity (Wildman–Crippen MR) is 127 cm³/mol. The molecule has 1 unspecified atom stereocenters. The summed E-state index contributed by atoms with van der Waals surface area (Å²) in [4.78, 5) is 46.0. The predicted octanol–water partition coefficient (Wildman–Crippen LogP) is 2.60. The van der Waals surface area contributed by atoms with Crippen molar-refractivity contribution in [3.8, 4) is 0 Å². The number of aromatic nitrogens is 2. The Balaban J connectivity index is 1.32. The van der Waals surface area contributed by atoms with Crippen molar-refractivity contribution in [2.24, 2.45) is 0 Å². The number of carbonyl (C=O) groups excluding carboxylic acids is 3. The van der Waals surface area contributed by atoms with Crippen LogP contribution in [-0.4, -0.2) is 56.3 Å². The minimum atomic E-state index is -0.992. The van der Waals surface area contributed by atoms with E-state index in [-0.39, 0.29) is 41.2 Å². The summed E-state index contributed by atoms with van der Waals surface area (Å²) in [5.74, 6) is -0.744. The molecular weight excluding hydrogens is 430 g/mol. The SMILES string of the molecule is Cc1ccc(CCNC(=O)c2ncn3c2C(=O)N(C2CC2)C(C)(C(=O)NC2CCCC2)C3)cc1. The van der Waals surface area contributed by atoms with Crippen LogP contribution in [0.2, 0.25) is 0 Å². The van der Waals surface area contributed by atoms with Crippen molar-refractivity contribution in [1.29, 1.82) is 0 Å². The number of rotatable bonds is 7. The molecule has 2 saturated carbocycles. The molecule has 8 heteroatoms. The summed E-state index contributed by atoms with van der Waals surface area (Å²) < 4.78 is 1.68. The number of imidazole rings is 1. The Hall–Kier alpha value is -3.16. The zero-order valence-corrected chi connectivity index (χ0v) is 20.0. The highest BCUT2D eigenvalue weighted by Gasteiger charge is 2.54. The minimum absolute atomic E-state index is 0.0351. The average molecular weight is 464 g/mol. The number of hydrogen-bond acceptors (Lipinski definition) is 4. The molecule has 1 aromatic carbocycles. The van der Waals surface area contributed by atoms with Crippen molar-refractivity contribution in [3.63, 3.8) is 0 Å². The summed E-state index contributed by atoms with van der Waals surface area (Å²) in [5, 5.41) is 6.09. The molecule has 1 aromatic heterocycles. The maximum Gasteiger partial charge on any atom is 0.274 e. The Morgan fingerprint density at radius 3 is 2.50 bits per heavy atom. The van der Waals surface area contributed by atoms with Gasteiger partial charge in [-0.1, -0.05) is 42.7 Å². The van der Waals surface area contributed by atoms with Gasteiger partial charge in [-0.2, -0.15) is 0 Å². The van der Waals surface area contributed by atoms with Gasteiger partial charge in [0.05, 0.1) is 12.9 Å². The Morgan fingerprint density at radius 2 is 1.82 bits per heavy atom. The van der Waals surface area contributed by atoms with Crippen LogP contribution in [-0.2, 0) is 17.8 Å². The summed E-state index contributed by atoms with van der Waals surface area (Å²) in [6, 6.07) is 8.41. The molecule has 2 heterocycles. The van der Waals surface area contributed by atoms with Gasteiger partial charge in [-0.15, -0.1) is 0 Å². The third kappa shape index (κ3) is 4.21. The monoisotopic (exact) mass is 463 g/mol. The molecule has 1 atom stereocenters. The quantitative estimate of drug-likeness (QED) is 0.660. The topological polar surface area (TPSA) is 96.3 Å². The number of aryl methyl sites for hydroxylation is 1. The number of carbonyl (C=O) groups is 3. The number of benzene rings is 1. The van der Waals surface area contributed by atoms with Gasteiger partial charge in [0.2, 0.25) is 5.91 Å². The first kappa shape index (κ1) is 22.6. The normalized spacial score (nSPS) is 22.5. The Bertz CT molecular complexity index is 1100. The zero-order valence-electron chi connectivity index (χ0n) is 20.0. The summed E-state index contributed by atoms with van der Waals surface area (Å²) >= 11 is 0. The van der Waals surface area contributed by atoms with E-state index >= 15 is 0 Å². The number of nitrogens with one attached hydrogen (secondary N) is 2. The molecule has 1 aliphatic heterocycles.